The number of hydrogen-bond donors (Lipinski definition) is 1. The summed E-state index contributed by atoms with van der Waals surface area (Å²) in [6.07, 6.45) is 2.45. The quantitative estimate of drug-likeness (QED) is 0.428. The number of hydrogen-bond acceptors (Lipinski definition) is 9. The maximum atomic E-state index is 12.6. The van der Waals surface area contributed by atoms with Crippen molar-refractivity contribution in [3.8, 4) is 17.3 Å². The summed E-state index contributed by atoms with van der Waals surface area (Å²) >= 11 is 0. The summed E-state index contributed by atoms with van der Waals surface area (Å²) in [6, 6.07) is 4.59. The van der Waals surface area contributed by atoms with Gasteiger partial charge in [-0.2, -0.15) is 0 Å². The maximum Gasteiger partial charge on any atom is 0.410 e. The highest BCUT2D eigenvalue weighted by Gasteiger charge is 2.42. The summed E-state index contributed by atoms with van der Waals surface area (Å²) in [5.74, 6) is -1.00. The van der Waals surface area contributed by atoms with Crippen molar-refractivity contribution in [2.45, 2.75) is 40.7 Å². The van der Waals surface area contributed by atoms with Gasteiger partial charge in [0.2, 0.25) is 0 Å². The van der Waals surface area contributed by atoms with Gasteiger partial charge in [-0.3, -0.25) is 13.8 Å². The van der Waals surface area contributed by atoms with E-state index in [2.05, 4.69) is 10.3 Å². The van der Waals surface area contributed by atoms with E-state index in [4.69, 9.17) is 9.57 Å². The molecular formula is C24H33N5O7S. The van der Waals surface area contributed by atoms with Crippen molar-refractivity contribution in [1.82, 2.24) is 25.0 Å². The Morgan fingerprint density at radius 1 is 1.27 bits per heavy atom. The zero-order valence-electron chi connectivity index (χ0n) is 21.6. The molecular weight excluding hydrogens is 502 g/mol. The van der Waals surface area contributed by atoms with E-state index in [0.29, 0.717) is 29.5 Å². The Labute approximate surface area is 217 Å². The molecule has 1 saturated heterocycles. The molecule has 202 valence electrons. The van der Waals surface area contributed by atoms with Crippen LogP contribution in [0.25, 0.3) is 5.69 Å². The smallest absolute Gasteiger partial charge is 0.410 e. The number of phenolic OH excluding ortho intramolecular Hbond substituents is 1. The van der Waals surface area contributed by atoms with Crippen LogP contribution < -0.4 is 4.84 Å². The number of rotatable bonds is 11. The minimum atomic E-state index is -1.04. The van der Waals surface area contributed by atoms with Crippen molar-refractivity contribution in [3.63, 3.8) is 0 Å². The minimum absolute atomic E-state index is 0.0115. The molecule has 0 radical (unpaired) electrons. The number of aromatic hydroxyl groups is 1. The second-order valence-electron chi connectivity index (χ2n) is 9.67. The van der Waals surface area contributed by atoms with Crippen LogP contribution in [0.1, 0.15) is 39.7 Å². The summed E-state index contributed by atoms with van der Waals surface area (Å²) in [7, 11) is -1.04. The number of nitrogens with zero attached hydrogens (tertiary/aromatic N) is 5. The molecule has 1 aromatic carbocycles. The first-order chi connectivity index (χ1) is 17.5. The highest BCUT2D eigenvalue weighted by molar-refractivity contribution is 7.84. The molecule has 0 saturated carbocycles. The van der Waals surface area contributed by atoms with E-state index in [1.54, 1.807) is 18.4 Å². The first-order valence-electron chi connectivity index (χ1n) is 12.0. The van der Waals surface area contributed by atoms with E-state index >= 15 is 0 Å². The molecule has 0 spiro atoms. The van der Waals surface area contributed by atoms with E-state index < -0.39 is 34.6 Å². The highest BCUT2D eigenvalue weighted by Crippen LogP contribution is 2.28. The van der Waals surface area contributed by atoms with Crippen LogP contribution in [-0.2, 0) is 31.7 Å². The largest absolute Gasteiger partial charge is 0.506 e. The zero-order chi connectivity index (χ0) is 27.3. The molecule has 2 atom stereocenters. The van der Waals surface area contributed by atoms with Crippen molar-refractivity contribution in [2.24, 2.45) is 17.8 Å². The molecule has 3 amide bonds. The van der Waals surface area contributed by atoms with Gasteiger partial charge < -0.3 is 19.6 Å². The van der Waals surface area contributed by atoms with Gasteiger partial charge in [-0.05, 0) is 29.5 Å². The fourth-order valence-corrected chi connectivity index (χ4v) is 4.24. The van der Waals surface area contributed by atoms with E-state index in [0.717, 1.165) is 0 Å². The van der Waals surface area contributed by atoms with Crippen LogP contribution in [0.3, 0.4) is 0 Å². The van der Waals surface area contributed by atoms with Crippen molar-refractivity contribution < 1.29 is 33.3 Å². The molecule has 0 bridgehead atoms. The Hall–Kier alpha value is -3.48. The summed E-state index contributed by atoms with van der Waals surface area (Å²) in [5, 5.41) is 18.8. The van der Waals surface area contributed by atoms with Gasteiger partial charge in [0.15, 0.2) is 0 Å². The van der Waals surface area contributed by atoms with Gasteiger partial charge >= 0.3 is 6.09 Å². The molecule has 2 unspecified atom stereocenters. The first-order valence-corrected chi connectivity index (χ1v) is 13.7. The van der Waals surface area contributed by atoms with Crippen LogP contribution >= 0.6 is 0 Å². The molecule has 37 heavy (non-hydrogen) atoms. The number of amides is 3. The molecule has 1 aromatic heterocycles. The number of aromatic nitrogens is 3. The van der Waals surface area contributed by atoms with Gasteiger partial charge in [0.25, 0.3) is 17.7 Å². The molecule has 13 heteroatoms. The van der Waals surface area contributed by atoms with E-state index in [1.807, 2.05) is 27.7 Å². The summed E-state index contributed by atoms with van der Waals surface area (Å²) in [5.41, 5.74) is 0.808. The molecule has 0 aliphatic carbocycles. The lowest BCUT2D eigenvalue weighted by atomic mass is 9.95. The zero-order valence-corrected chi connectivity index (χ0v) is 22.4. The fourth-order valence-electron chi connectivity index (χ4n) is 3.77. The number of benzene rings is 1. The van der Waals surface area contributed by atoms with Gasteiger partial charge in [0, 0.05) is 42.3 Å². The van der Waals surface area contributed by atoms with Crippen LogP contribution in [0.4, 0.5) is 4.79 Å². The maximum absolute atomic E-state index is 12.6. The second-order valence-corrected chi connectivity index (χ2v) is 11.2. The first kappa shape index (κ1) is 28.1. The topological polar surface area (TPSA) is 144 Å². The molecule has 2 heterocycles. The summed E-state index contributed by atoms with van der Waals surface area (Å²) < 4.78 is 18.1. The van der Waals surface area contributed by atoms with Gasteiger partial charge in [-0.1, -0.05) is 44.1 Å². The molecule has 1 fully saturated rings. The number of hydroxylamine groups is 2. The second kappa shape index (κ2) is 12.2. The minimum Gasteiger partial charge on any atom is -0.506 e. The summed E-state index contributed by atoms with van der Waals surface area (Å²) in [6.45, 7) is 8.39. The lowest BCUT2D eigenvalue weighted by molar-refractivity contribution is -0.166. The molecule has 12 nitrogen and oxygen atoms in total. The normalized spacial score (nSPS) is 16.5. The third-order valence-corrected chi connectivity index (χ3v) is 6.50. The summed E-state index contributed by atoms with van der Waals surface area (Å²) in [4.78, 5) is 44.2. The SMILES string of the molecule is CC(C)CN(CCS(C)=O)C(=O)OCc1ccc(O)c(-n2cc(ON3C(=O)CC(C(C)C)C3=O)nn2)c1. The van der Waals surface area contributed by atoms with Crippen LogP contribution in [0, 0.1) is 17.8 Å². The van der Waals surface area contributed by atoms with Gasteiger partial charge in [0.05, 0.1) is 12.1 Å². The van der Waals surface area contributed by atoms with E-state index in [1.165, 1.54) is 21.8 Å². The van der Waals surface area contributed by atoms with Crippen LogP contribution in [0.2, 0.25) is 0 Å². The van der Waals surface area contributed by atoms with Crippen LogP contribution in [0.5, 0.6) is 11.6 Å². The highest BCUT2D eigenvalue weighted by atomic mass is 32.2. The van der Waals surface area contributed by atoms with Crippen LogP contribution in [0.15, 0.2) is 24.4 Å². The van der Waals surface area contributed by atoms with Crippen molar-refractivity contribution in [2.75, 3.05) is 25.1 Å². The standard InChI is InChI=1S/C24H33N5O7S/c1-15(2)12-27(8-9-37(5)34)24(33)35-14-17-6-7-20(30)19(10-17)28-13-21(25-26-28)36-29-22(31)11-18(16(3)4)23(29)32/h6-7,10,13,15-16,18,30H,8-9,11-12,14H2,1-5H3. The Bertz CT molecular complexity index is 1170. The Morgan fingerprint density at radius 2 is 2.00 bits per heavy atom. The lowest BCUT2D eigenvalue weighted by Gasteiger charge is -2.23. The number of ether oxygens (including phenoxy) is 1. The third-order valence-electron chi connectivity index (χ3n) is 5.74. The predicted octanol–water partition coefficient (Wildman–Crippen LogP) is 2.27. The average molecular weight is 536 g/mol. The Balaban J connectivity index is 1.68. The Kier molecular flexibility index (Phi) is 9.24. The fraction of sp³-hybridized carbons (Fsp3) is 0.542. The van der Waals surface area contributed by atoms with Crippen molar-refractivity contribution in [3.05, 3.63) is 30.0 Å². The van der Waals surface area contributed by atoms with Crippen molar-refractivity contribution >= 4 is 28.7 Å². The number of carbonyl (C=O) groups excluding carboxylic acids is 3. The third kappa shape index (κ3) is 7.28. The van der Waals surface area contributed by atoms with Gasteiger partial charge in [-0.15, -0.1) is 5.06 Å². The van der Waals surface area contributed by atoms with E-state index in [-0.39, 0.29) is 42.2 Å². The van der Waals surface area contributed by atoms with Gasteiger partial charge in [0.1, 0.15) is 18.0 Å². The Morgan fingerprint density at radius 3 is 2.62 bits per heavy atom. The molecule has 2 aromatic rings. The van der Waals surface area contributed by atoms with E-state index in [9.17, 15) is 23.7 Å². The lowest BCUT2D eigenvalue weighted by Crippen LogP contribution is -2.37. The molecule has 3 rings (SSSR count). The molecule has 1 N–H and O–H groups in total. The predicted molar refractivity (Wildman–Crippen MR) is 134 cm³/mol. The number of phenols is 1. The molecule has 1 aliphatic heterocycles. The van der Waals surface area contributed by atoms with Crippen LogP contribution in [-0.4, -0.2) is 77.3 Å². The molecule has 1 aliphatic rings. The average Bonchev–Trinajstić information content (AvgIpc) is 3.40. The number of imide groups is 1. The van der Waals surface area contributed by atoms with Gasteiger partial charge in [-0.25, -0.2) is 9.48 Å². The number of carbonyl (C=O) groups is 3. The monoisotopic (exact) mass is 535 g/mol. The van der Waals surface area contributed by atoms with Crippen molar-refractivity contribution in [1.29, 1.82) is 0 Å².